The highest BCUT2D eigenvalue weighted by Crippen LogP contribution is 2.21. The number of likely N-dealkylation sites (N-methyl/N-ethyl adjacent to an activating group) is 1. The van der Waals surface area contributed by atoms with E-state index in [0.29, 0.717) is 17.3 Å². The van der Waals surface area contributed by atoms with E-state index in [1.54, 1.807) is 0 Å². The van der Waals surface area contributed by atoms with E-state index in [0.717, 1.165) is 17.4 Å². The quantitative estimate of drug-likeness (QED) is 0.915. The molecule has 0 fully saturated rings. The molecule has 0 spiro atoms. The number of pyridine rings is 1. The van der Waals surface area contributed by atoms with E-state index in [2.05, 4.69) is 49.2 Å². The van der Waals surface area contributed by atoms with E-state index in [1.165, 1.54) is 0 Å². The molecular formula is C17H22N4. The highest BCUT2D eigenvalue weighted by atomic mass is 15.1. The summed E-state index contributed by atoms with van der Waals surface area (Å²) < 4.78 is 0. The zero-order valence-corrected chi connectivity index (χ0v) is 13.1. The molecule has 0 aliphatic heterocycles. The lowest BCUT2D eigenvalue weighted by Gasteiger charge is -2.26. The normalized spacial score (nSPS) is 12.6. The minimum atomic E-state index is 0.251. The molecule has 0 saturated carbocycles. The smallest absolute Gasteiger partial charge is 0.144 e. The van der Waals surface area contributed by atoms with Crippen LogP contribution in [-0.4, -0.2) is 36.6 Å². The fourth-order valence-corrected chi connectivity index (χ4v) is 2.30. The number of hydrogen-bond acceptors (Lipinski definition) is 4. The summed E-state index contributed by atoms with van der Waals surface area (Å²) in [5, 5.41) is 13.8. The van der Waals surface area contributed by atoms with Gasteiger partial charge in [0.2, 0.25) is 0 Å². The Bertz CT molecular complexity index is 655. The number of para-hydroxylation sites is 1. The third kappa shape index (κ3) is 3.71. The lowest BCUT2D eigenvalue weighted by atomic mass is 10.0. The Morgan fingerprint density at radius 2 is 2.00 bits per heavy atom. The van der Waals surface area contributed by atoms with E-state index in [-0.39, 0.29) is 6.04 Å². The molecule has 4 nitrogen and oxygen atoms in total. The molecule has 0 radical (unpaired) electrons. The molecule has 0 aliphatic rings. The van der Waals surface area contributed by atoms with Gasteiger partial charge >= 0.3 is 0 Å². The molecule has 0 bridgehead atoms. The molecule has 1 aromatic heterocycles. The summed E-state index contributed by atoms with van der Waals surface area (Å²) in [5.41, 5.74) is 1.50. The minimum absolute atomic E-state index is 0.251. The molecule has 0 aliphatic carbocycles. The highest BCUT2D eigenvalue weighted by molar-refractivity contribution is 5.82. The number of nitrogens with zero attached hydrogens (tertiary/aromatic N) is 3. The summed E-state index contributed by atoms with van der Waals surface area (Å²) in [5.74, 6) is 1.13. The Morgan fingerprint density at radius 1 is 1.29 bits per heavy atom. The van der Waals surface area contributed by atoms with Crippen LogP contribution >= 0.6 is 0 Å². The predicted octanol–water partition coefficient (Wildman–Crippen LogP) is 3.10. The van der Waals surface area contributed by atoms with E-state index in [9.17, 15) is 5.26 Å². The maximum absolute atomic E-state index is 9.37. The van der Waals surface area contributed by atoms with E-state index in [1.807, 2.05) is 30.3 Å². The number of rotatable bonds is 5. The minimum Gasteiger partial charge on any atom is -0.365 e. The molecule has 1 heterocycles. The SMILES string of the molecule is CC(C)C(CN(C)C)Nc1nc2ccccc2cc1C#N. The maximum Gasteiger partial charge on any atom is 0.144 e. The highest BCUT2D eigenvalue weighted by Gasteiger charge is 2.17. The first kappa shape index (κ1) is 15.3. The molecule has 21 heavy (non-hydrogen) atoms. The van der Waals surface area contributed by atoms with Crippen molar-refractivity contribution in [1.82, 2.24) is 9.88 Å². The van der Waals surface area contributed by atoms with Crippen LogP contribution in [0.1, 0.15) is 19.4 Å². The van der Waals surface area contributed by atoms with Crippen LogP contribution < -0.4 is 5.32 Å². The number of nitriles is 1. The van der Waals surface area contributed by atoms with Gasteiger partial charge in [0.1, 0.15) is 11.9 Å². The van der Waals surface area contributed by atoms with Gasteiger partial charge < -0.3 is 10.2 Å². The lowest BCUT2D eigenvalue weighted by Crippen LogP contribution is -2.36. The second-order valence-corrected chi connectivity index (χ2v) is 5.95. The van der Waals surface area contributed by atoms with E-state index >= 15 is 0 Å². The monoisotopic (exact) mass is 282 g/mol. The van der Waals surface area contributed by atoms with Crippen molar-refractivity contribution in [3.63, 3.8) is 0 Å². The van der Waals surface area contributed by atoms with Crippen LogP contribution in [0, 0.1) is 17.2 Å². The average Bonchev–Trinajstić information content (AvgIpc) is 2.45. The molecular weight excluding hydrogens is 260 g/mol. The summed E-state index contributed by atoms with van der Waals surface area (Å²) in [4.78, 5) is 6.77. The fraction of sp³-hybridized carbons (Fsp3) is 0.412. The lowest BCUT2D eigenvalue weighted by molar-refractivity contribution is 0.344. The molecule has 0 amide bonds. The van der Waals surface area contributed by atoms with Crippen LogP contribution in [0.4, 0.5) is 5.82 Å². The van der Waals surface area contributed by atoms with E-state index in [4.69, 9.17) is 0 Å². The fourth-order valence-electron chi connectivity index (χ4n) is 2.30. The summed E-state index contributed by atoms with van der Waals surface area (Å²) in [6.45, 7) is 5.25. The first-order chi connectivity index (χ1) is 10.0. The predicted molar refractivity (Wildman–Crippen MR) is 87.3 cm³/mol. The van der Waals surface area contributed by atoms with Crippen LogP contribution in [-0.2, 0) is 0 Å². The van der Waals surface area contributed by atoms with Crippen molar-refractivity contribution in [3.05, 3.63) is 35.9 Å². The maximum atomic E-state index is 9.37. The van der Waals surface area contributed by atoms with Gasteiger partial charge in [0, 0.05) is 18.0 Å². The van der Waals surface area contributed by atoms with Crippen LogP contribution in [0.2, 0.25) is 0 Å². The summed E-state index contributed by atoms with van der Waals surface area (Å²) in [7, 11) is 4.10. The Labute approximate surface area is 126 Å². The number of nitrogens with one attached hydrogen (secondary N) is 1. The Kier molecular flexibility index (Phi) is 4.77. The zero-order chi connectivity index (χ0) is 15.4. The molecule has 110 valence electrons. The Morgan fingerprint density at radius 3 is 2.62 bits per heavy atom. The number of hydrogen-bond donors (Lipinski definition) is 1. The Balaban J connectivity index is 2.37. The van der Waals surface area contributed by atoms with Crippen LogP contribution in [0.3, 0.4) is 0 Å². The first-order valence-corrected chi connectivity index (χ1v) is 7.22. The van der Waals surface area contributed by atoms with Gasteiger partial charge in [0.15, 0.2) is 0 Å². The van der Waals surface area contributed by atoms with Gasteiger partial charge in [-0.25, -0.2) is 4.98 Å². The molecule has 2 aromatic rings. The van der Waals surface area contributed by atoms with Crippen LogP contribution in [0.15, 0.2) is 30.3 Å². The first-order valence-electron chi connectivity index (χ1n) is 7.22. The van der Waals surface area contributed by atoms with Crippen molar-refractivity contribution in [1.29, 1.82) is 5.26 Å². The van der Waals surface area contributed by atoms with Crippen molar-refractivity contribution < 1.29 is 0 Å². The second-order valence-electron chi connectivity index (χ2n) is 5.95. The van der Waals surface area contributed by atoms with Gasteiger partial charge in [-0.3, -0.25) is 0 Å². The van der Waals surface area contributed by atoms with Gasteiger partial charge in [-0.05, 0) is 32.1 Å². The van der Waals surface area contributed by atoms with Gasteiger partial charge in [-0.2, -0.15) is 5.26 Å². The summed E-state index contributed by atoms with van der Waals surface area (Å²) in [6.07, 6.45) is 0. The third-order valence-corrected chi connectivity index (χ3v) is 3.53. The van der Waals surface area contributed by atoms with Gasteiger partial charge in [-0.1, -0.05) is 32.0 Å². The second kappa shape index (κ2) is 6.55. The number of fused-ring (bicyclic) bond motifs is 1. The van der Waals surface area contributed by atoms with Crippen molar-refractivity contribution in [3.8, 4) is 6.07 Å². The number of benzene rings is 1. The number of anilines is 1. The molecule has 0 saturated heterocycles. The summed E-state index contributed by atoms with van der Waals surface area (Å²) >= 11 is 0. The van der Waals surface area contributed by atoms with Gasteiger partial charge in [-0.15, -0.1) is 0 Å². The number of aromatic nitrogens is 1. The standard InChI is InChI=1S/C17H22N4/c1-12(2)16(11-21(3)4)20-17-14(10-18)9-13-7-5-6-8-15(13)19-17/h5-9,12,16H,11H2,1-4H3,(H,19,20). The molecule has 1 unspecified atom stereocenters. The van der Waals surface area contributed by atoms with Crippen LogP contribution in [0.5, 0.6) is 0 Å². The Hall–Kier alpha value is -2.12. The average molecular weight is 282 g/mol. The molecule has 2 rings (SSSR count). The third-order valence-electron chi connectivity index (χ3n) is 3.53. The topological polar surface area (TPSA) is 52.0 Å². The van der Waals surface area contributed by atoms with Gasteiger partial charge in [0.05, 0.1) is 11.1 Å². The van der Waals surface area contributed by atoms with Crippen molar-refractivity contribution >= 4 is 16.7 Å². The van der Waals surface area contributed by atoms with E-state index < -0.39 is 0 Å². The summed E-state index contributed by atoms with van der Waals surface area (Å²) in [6, 6.07) is 12.3. The molecule has 1 aromatic carbocycles. The van der Waals surface area contributed by atoms with Crippen molar-refractivity contribution in [2.24, 2.45) is 5.92 Å². The van der Waals surface area contributed by atoms with Crippen LogP contribution in [0.25, 0.3) is 10.9 Å². The zero-order valence-electron chi connectivity index (χ0n) is 13.1. The van der Waals surface area contributed by atoms with Gasteiger partial charge in [0.25, 0.3) is 0 Å². The molecule has 1 N–H and O–H groups in total. The van der Waals surface area contributed by atoms with Crippen molar-refractivity contribution in [2.75, 3.05) is 26.0 Å². The largest absolute Gasteiger partial charge is 0.365 e. The molecule has 1 atom stereocenters. The molecule has 4 heteroatoms. The van der Waals surface area contributed by atoms with Crippen molar-refractivity contribution in [2.45, 2.75) is 19.9 Å².